The highest BCUT2D eigenvalue weighted by molar-refractivity contribution is 5.80. The Morgan fingerprint density at radius 2 is 1.87 bits per heavy atom. The Balaban J connectivity index is 0.000000338. The molecule has 0 fully saturated rings. The maximum atomic E-state index is 13.1. The summed E-state index contributed by atoms with van der Waals surface area (Å²) in [5.74, 6) is -0.485. The highest BCUT2D eigenvalue weighted by atomic mass is 19.1. The van der Waals surface area contributed by atoms with Crippen molar-refractivity contribution in [2.24, 2.45) is 0 Å². The van der Waals surface area contributed by atoms with Gasteiger partial charge in [-0.25, -0.2) is 8.78 Å². The minimum absolute atomic E-state index is 0.241. The summed E-state index contributed by atoms with van der Waals surface area (Å²) in [6, 6.07) is 13.0. The highest BCUT2D eigenvalue weighted by Crippen LogP contribution is 2.18. The molecule has 0 aliphatic heterocycles. The van der Waals surface area contributed by atoms with Crippen LogP contribution in [0.25, 0.3) is 10.9 Å². The van der Waals surface area contributed by atoms with Gasteiger partial charge in [0.25, 0.3) is 6.47 Å². The molecule has 3 nitrogen and oxygen atoms in total. The molecule has 0 spiro atoms. The molecule has 0 radical (unpaired) electrons. The van der Waals surface area contributed by atoms with E-state index in [1.807, 2.05) is 22.9 Å². The molecular weight excluding hydrogens is 300 g/mol. The molecule has 23 heavy (non-hydrogen) atoms. The number of hydrogen-bond acceptors (Lipinski definition) is 2. The molecule has 0 N–H and O–H groups in total. The number of benzene rings is 2. The molecule has 3 rings (SSSR count). The van der Waals surface area contributed by atoms with Crippen molar-refractivity contribution in [3.05, 3.63) is 71.9 Å². The van der Waals surface area contributed by atoms with E-state index in [-0.39, 0.29) is 11.6 Å². The maximum Gasteiger partial charge on any atom is 0.293 e. The van der Waals surface area contributed by atoms with Crippen LogP contribution in [0.3, 0.4) is 0 Å². The van der Waals surface area contributed by atoms with Crippen LogP contribution < -0.4 is 0 Å². The smallest absolute Gasteiger partial charge is 0.293 e. The van der Waals surface area contributed by atoms with Gasteiger partial charge in [0.2, 0.25) is 0 Å². The van der Waals surface area contributed by atoms with Crippen molar-refractivity contribution in [2.75, 3.05) is 6.61 Å². The van der Waals surface area contributed by atoms with Crippen molar-refractivity contribution in [2.45, 2.75) is 13.5 Å². The zero-order valence-corrected chi connectivity index (χ0v) is 12.7. The van der Waals surface area contributed by atoms with Crippen molar-refractivity contribution < 1.29 is 18.3 Å². The third-order valence-electron chi connectivity index (χ3n) is 3.21. The van der Waals surface area contributed by atoms with Crippen LogP contribution in [0, 0.1) is 11.6 Å². The Kier molecular flexibility index (Phi) is 5.86. The molecule has 0 saturated heterocycles. The Bertz CT molecular complexity index is 784. The van der Waals surface area contributed by atoms with Crippen molar-refractivity contribution in [3.63, 3.8) is 0 Å². The van der Waals surface area contributed by atoms with Crippen molar-refractivity contribution in [1.29, 1.82) is 0 Å². The lowest BCUT2D eigenvalue weighted by Gasteiger charge is -2.05. The zero-order chi connectivity index (χ0) is 16.7. The molecule has 0 amide bonds. The zero-order valence-electron chi connectivity index (χ0n) is 12.7. The van der Waals surface area contributed by atoms with Crippen molar-refractivity contribution >= 4 is 17.4 Å². The first-order valence-corrected chi connectivity index (χ1v) is 7.18. The Labute approximate surface area is 133 Å². The standard InChI is InChI=1S/C15H11F2N.C3H6O2/c16-13-3-1-2-11(8-13)10-18-7-6-12-9-14(17)4-5-15(12)18;1-2-5-3-4/h1-9H,10H2;3H,2H2,1H3. The SMILES string of the molecule is CCOC=O.Fc1cccc(Cn2ccc3cc(F)ccc32)c1. The first kappa shape index (κ1) is 16.7. The van der Waals surface area contributed by atoms with Gasteiger partial charge in [-0.1, -0.05) is 12.1 Å². The van der Waals surface area contributed by atoms with E-state index in [0.29, 0.717) is 19.6 Å². The molecule has 0 unspecified atom stereocenters. The topological polar surface area (TPSA) is 31.2 Å². The third kappa shape index (κ3) is 4.64. The second-order valence-electron chi connectivity index (χ2n) is 4.83. The van der Waals surface area contributed by atoms with Crippen LogP contribution in [-0.2, 0) is 16.1 Å². The van der Waals surface area contributed by atoms with Gasteiger partial charge >= 0.3 is 0 Å². The third-order valence-corrected chi connectivity index (χ3v) is 3.21. The van der Waals surface area contributed by atoms with E-state index >= 15 is 0 Å². The fourth-order valence-corrected chi connectivity index (χ4v) is 2.21. The molecule has 3 aromatic rings. The lowest BCUT2D eigenvalue weighted by atomic mass is 10.2. The van der Waals surface area contributed by atoms with Gasteiger partial charge in [0, 0.05) is 23.6 Å². The first-order chi connectivity index (χ1) is 11.1. The summed E-state index contributed by atoms with van der Waals surface area (Å²) in [5.41, 5.74) is 1.83. The van der Waals surface area contributed by atoms with E-state index in [0.717, 1.165) is 16.5 Å². The van der Waals surface area contributed by atoms with Crippen LogP contribution in [0.15, 0.2) is 54.7 Å². The average Bonchev–Trinajstić information content (AvgIpc) is 2.91. The summed E-state index contributed by atoms with van der Waals surface area (Å²) < 4.78 is 32.3. The molecular formula is C18H17F2NO2. The second kappa shape index (κ2) is 8.08. The van der Waals surface area contributed by atoms with Crippen molar-refractivity contribution in [1.82, 2.24) is 4.57 Å². The van der Waals surface area contributed by atoms with E-state index in [1.165, 1.54) is 24.3 Å². The predicted molar refractivity (Wildman–Crippen MR) is 85.1 cm³/mol. The van der Waals surface area contributed by atoms with Crippen LogP contribution in [0.4, 0.5) is 8.78 Å². The second-order valence-corrected chi connectivity index (χ2v) is 4.83. The summed E-state index contributed by atoms with van der Waals surface area (Å²) in [6.45, 7) is 3.24. The number of carbonyl (C=O) groups excluding carboxylic acids is 1. The molecule has 0 aliphatic rings. The van der Waals surface area contributed by atoms with Crippen LogP contribution in [-0.4, -0.2) is 17.6 Å². The maximum absolute atomic E-state index is 13.1. The number of aromatic nitrogens is 1. The minimum atomic E-state index is -0.244. The van der Waals surface area contributed by atoms with Crippen LogP contribution in [0.2, 0.25) is 0 Å². The summed E-state index contributed by atoms with van der Waals surface area (Å²) >= 11 is 0. The highest BCUT2D eigenvalue weighted by Gasteiger charge is 2.03. The number of carbonyl (C=O) groups is 1. The van der Waals surface area contributed by atoms with Crippen LogP contribution in [0.1, 0.15) is 12.5 Å². The van der Waals surface area contributed by atoms with Gasteiger partial charge < -0.3 is 9.30 Å². The monoisotopic (exact) mass is 317 g/mol. The molecule has 0 saturated carbocycles. The molecule has 1 aromatic heterocycles. The Morgan fingerprint density at radius 1 is 1.09 bits per heavy atom. The number of nitrogens with zero attached hydrogens (tertiary/aromatic N) is 1. The van der Waals surface area contributed by atoms with Gasteiger partial charge in [-0.3, -0.25) is 4.79 Å². The summed E-state index contributed by atoms with van der Waals surface area (Å²) in [6.07, 6.45) is 1.88. The van der Waals surface area contributed by atoms with E-state index in [9.17, 15) is 13.6 Å². The van der Waals surface area contributed by atoms with Gasteiger partial charge in [0.05, 0.1) is 6.61 Å². The van der Waals surface area contributed by atoms with Gasteiger partial charge in [-0.15, -0.1) is 0 Å². The Morgan fingerprint density at radius 3 is 2.52 bits per heavy atom. The molecule has 0 aliphatic carbocycles. The summed E-state index contributed by atoms with van der Waals surface area (Å²) in [5, 5.41) is 0.853. The fourth-order valence-electron chi connectivity index (χ4n) is 2.21. The van der Waals surface area contributed by atoms with E-state index in [4.69, 9.17) is 0 Å². The number of fused-ring (bicyclic) bond motifs is 1. The summed E-state index contributed by atoms with van der Waals surface area (Å²) in [7, 11) is 0. The fraction of sp³-hybridized carbons (Fsp3) is 0.167. The van der Waals surface area contributed by atoms with Crippen molar-refractivity contribution in [3.8, 4) is 0 Å². The molecule has 2 aromatic carbocycles. The van der Waals surface area contributed by atoms with Gasteiger partial charge in [0.15, 0.2) is 0 Å². The molecule has 1 heterocycles. The lowest BCUT2D eigenvalue weighted by molar-refractivity contribution is -0.128. The van der Waals surface area contributed by atoms with E-state index in [1.54, 1.807) is 19.1 Å². The lowest BCUT2D eigenvalue weighted by Crippen LogP contribution is -1.98. The van der Waals surface area contributed by atoms with Crippen LogP contribution in [0.5, 0.6) is 0 Å². The van der Waals surface area contributed by atoms with Gasteiger partial charge in [0.1, 0.15) is 11.6 Å². The van der Waals surface area contributed by atoms with Gasteiger partial charge in [-0.2, -0.15) is 0 Å². The Hall–Kier alpha value is -2.69. The normalized spacial score (nSPS) is 10.0. The molecule has 0 atom stereocenters. The average molecular weight is 317 g/mol. The number of rotatable bonds is 4. The summed E-state index contributed by atoms with van der Waals surface area (Å²) in [4.78, 5) is 9.18. The quantitative estimate of drug-likeness (QED) is 0.677. The molecule has 120 valence electrons. The number of halogens is 2. The predicted octanol–water partition coefficient (Wildman–Crippen LogP) is 4.15. The van der Waals surface area contributed by atoms with E-state index < -0.39 is 0 Å². The number of ether oxygens (including phenoxy) is 1. The largest absolute Gasteiger partial charge is 0.468 e. The minimum Gasteiger partial charge on any atom is -0.468 e. The number of hydrogen-bond donors (Lipinski definition) is 0. The van der Waals surface area contributed by atoms with E-state index in [2.05, 4.69) is 4.74 Å². The molecule has 5 heteroatoms. The molecule has 0 bridgehead atoms. The first-order valence-electron chi connectivity index (χ1n) is 7.18. The van der Waals surface area contributed by atoms with Gasteiger partial charge in [-0.05, 0) is 48.9 Å². The van der Waals surface area contributed by atoms with Crippen LogP contribution >= 0.6 is 0 Å².